The van der Waals surface area contributed by atoms with Gasteiger partial charge in [0.05, 0.1) is 37.9 Å². The van der Waals surface area contributed by atoms with Crippen molar-refractivity contribution in [2.75, 3.05) is 43.6 Å². The van der Waals surface area contributed by atoms with E-state index in [-0.39, 0.29) is 44.4 Å². The van der Waals surface area contributed by atoms with Crippen LogP contribution in [0.15, 0.2) is 30.6 Å². The molecule has 0 aliphatic carbocycles. The molecular formula is C25H24ClFN6O4. The van der Waals surface area contributed by atoms with Gasteiger partial charge in [-0.05, 0) is 23.6 Å². The molecule has 3 aliphatic rings. The molecule has 192 valence electrons. The smallest absolute Gasteiger partial charge is 0.318 e. The molecular weight excluding hydrogens is 503 g/mol. The van der Waals surface area contributed by atoms with Gasteiger partial charge in [0, 0.05) is 31.1 Å². The molecule has 2 unspecified atom stereocenters. The Morgan fingerprint density at radius 3 is 2.97 bits per heavy atom. The van der Waals surface area contributed by atoms with Crippen LogP contribution in [0, 0.1) is 11.3 Å². The Kier molecular flexibility index (Phi) is 6.47. The molecule has 2 atom stereocenters. The van der Waals surface area contributed by atoms with Crippen LogP contribution in [0.5, 0.6) is 6.01 Å². The molecule has 2 aromatic rings. The molecule has 2 amide bonds. The van der Waals surface area contributed by atoms with Crippen LogP contribution in [0.3, 0.4) is 0 Å². The highest BCUT2D eigenvalue weighted by molar-refractivity contribution is 6.31. The van der Waals surface area contributed by atoms with E-state index in [9.17, 15) is 19.2 Å². The third-order valence-electron chi connectivity index (χ3n) is 7.01. The van der Waals surface area contributed by atoms with Crippen LogP contribution in [-0.2, 0) is 32.8 Å². The average molecular weight is 527 g/mol. The van der Waals surface area contributed by atoms with Crippen LogP contribution in [-0.4, -0.2) is 66.1 Å². The number of nitriles is 1. The quantitative estimate of drug-likeness (QED) is 0.603. The fraction of sp³-hybridized carbons (Fsp3) is 0.400. The summed E-state index contributed by atoms with van der Waals surface area (Å²) in [4.78, 5) is 38.1. The second kappa shape index (κ2) is 9.61. The highest BCUT2D eigenvalue weighted by atomic mass is 35.5. The van der Waals surface area contributed by atoms with Crippen molar-refractivity contribution in [1.29, 1.82) is 5.26 Å². The molecule has 1 spiro atoms. The number of benzene rings is 1. The van der Waals surface area contributed by atoms with E-state index in [2.05, 4.69) is 27.9 Å². The van der Waals surface area contributed by atoms with E-state index in [1.165, 1.54) is 12.0 Å². The van der Waals surface area contributed by atoms with Crippen molar-refractivity contribution in [3.8, 4) is 12.1 Å². The minimum Gasteiger partial charge on any atom is -0.467 e. The maximum absolute atomic E-state index is 13.6. The van der Waals surface area contributed by atoms with Gasteiger partial charge in [0.2, 0.25) is 0 Å². The number of rotatable bonds is 4. The maximum Gasteiger partial charge on any atom is 0.318 e. The van der Waals surface area contributed by atoms with Gasteiger partial charge in [-0.15, -0.1) is 0 Å². The first-order chi connectivity index (χ1) is 17.8. The van der Waals surface area contributed by atoms with Gasteiger partial charge in [0.15, 0.2) is 17.2 Å². The van der Waals surface area contributed by atoms with E-state index in [4.69, 9.17) is 21.1 Å². The van der Waals surface area contributed by atoms with Crippen molar-refractivity contribution >= 4 is 34.9 Å². The zero-order valence-corrected chi connectivity index (χ0v) is 20.8. The van der Waals surface area contributed by atoms with Crippen molar-refractivity contribution in [2.24, 2.45) is 0 Å². The summed E-state index contributed by atoms with van der Waals surface area (Å²) in [5, 5.41) is 12.8. The third-order valence-corrected chi connectivity index (χ3v) is 7.36. The molecule has 0 bridgehead atoms. The molecule has 10 nitrogen and oxygen atoms in total. The molecule has 3 aliphatic heterocycles. The minimum absolute atomic E-state index is 0.0131. The molecule has 1 fully saturated rings. The van der Waals surface area contributed by atoms with E-state index in [1.807, 2.05) is 11.0 Å². The number of ether oxygens (including phenoxy) is 2. The monoisotopic (exact) mass is 526 g/mol. The molecule has 5 rings (SSSR count). The second-order valence-corrected chi connectivity index (χ2v) is 9.45. The lowest BCUT2D eigenvalue weighted by Gasteiger charge is -2.43. The summed E-state index contributed by atoms with van der Waals surface area (Å²) in [7, 11) is 1.44. The molecule has 12 heteroatoms. The number of halogens is 2. The van der Waals surface area contributed by atoms with E-state index >= 15 is 0 Å². The number of piperazine rings is 1. The fourth-order valence-corrected chi connectivity index (χ4v) is 5.53. The van der Waals surface area contributed by atoms with E-state index in [1.54, 1.807) is 12.1 Å². The summed E-state index contributed by atoms with van der Waals surface area (Å²) in [5.74, 6) is -1.90. The zero-order valence-electron chi connectivity index (χ0n) is 20.1. The highest BCUT2D eigenvalue weighted by Crippen LogP contribution is 2.45. The van der Waals surface area contributed by atoms with E-state index in [0.717, 1.165) is 5.56 Å². The highest BCUT2D eigenvalue weighted by Gasteiger charge is 2.50. The van der Waals surface area contributed by atoms with Crippen molar-refractivity contribution in [2.45, 2.75) is 30.9 Å². The summed E-state index contributed by atoms with van der Waals surface area (Å²) in [6.07, 6.45) is 0.708. The van der Waals surface area contributed by atoms with Crippen LogP contribution in [0.4, 0.5) is 15.9 Å². The van der Waals surface area contributed by atoms with Crippen molar-refractivity contribution in [3.05, 3.63) is 52.4 Å². The number of nitrogens with zero attached hydrogens (tertiary/aromatic N) is 5. The average Bonchev–Trinajstić information content (AvgIpc) is 2.89. The number of carbonyl (C=O) groups is 2. The summed E-state index contributed by atoms with van der Waals surface area (Å²) in [5.41, 5.74) is 1.17. The molecule has 1 aromatic carbocycles. The van der Waals surface area contributed by atoms with Gasteiger partial charge in [-0.25, -0.2) is 4.39 Å². The topological polar surface area (TPSA) is 121 Å². The Bertz CT molecular complexity index is 1350. The van der Waals surface area contributed by atoms with Crippen LogP contribution in [0.1, 0.15) is 23.2 Å². The lowest BCUT2D eigenvalue weighted by Crippen LogP contribution is -2.56. The number of aromatic nitrogens is 2. The molecule has 0 saturated carbocycles. The van der Waals surface area contributed by atoms with Gasteiger partial charge in [-0.2, -0.15) is 15.2 Å². The Morgan fingerprint density at radius 1 is 1.43 bits per heavy atom. The number of carbonyl (C=O) groups excluding carboxylic acids is 2. The first kappa shape index (κ1) is 24.9. The second-order valence-electron chi connectivity index (χ2n) is 9.04. The third kappa shape index (κ3) is 4.16. The normalized spacial score (nSPS) is 22.5. The maximum atomic E-state index is 13.6. The van der Waals surface area contributed by atoms with Crippen LogP contribution >= 0.6 is 11.6 Å². The number of methoxy groups -OCH3 is 1. The van der Waals surface area contributed by atoms with E-state index < -0.39 is 23.4 Å². The largest absolute Gasteiger partial charge is 0.467 e. The zero-order chi connectivity index (χ0) is 26.3. The van der Waals surface area contributed by atoms with Crippen molar-refractivity contribution < 1.29 is 23.5 Å². The summed E-state index contributed by atoms with van der Waals surface area (Å²) in [6, 6.07) is 6.96. The summed E-state index contributed by atoms with van der Waals surface area (Å²) < 4.78 is 25.1. The standard InChI is InChI=1S/C25H24ClFN6O4/c1-14(27)22(34)33-10-9-32(13-15(33)6-8-28)21-20-19(29-24(31-21)36-2)12-25(23(35)30-20)17-4-3-5-18(26)16(17)7-11-37-25/h3-5,15H,1,6-7,9-13H2,2H3,(H,30,35). The van der Waals surface area contributed by atoms with Crippen LogP contribution in [0.25, 0.3) is 0 Å². The predicted molar refractivity (Wildman–Crippen MR) is 132 cm³/mol. The number of nitrogens with one attached hydrogen (secondary N) is 1. The Hall–Kier alpha value is -3.75. The lowest BCUT2D eigenvalue weighted by atomic mass is 9.80. The van der Waals surface area contributed by atoms with Crippen molar-refractivity contribution in [1.82, 2.24) is 14.9 Å². The first-order valence-corrected chi connectivity index (χ1v) is 12.1. The molecule has 4 heterocycles. The number of hydrogen-bond donors (Lipinski definition) is 1. The number of fused-ring (bicyclic) bond motifs is 3. The first-order valence-electron chi connectivity index (χ1n) is 11.7. The van der Waals surface area contributed by atoms with Gasteiger partial charge in [0.25, 0.3) is 11.8 Å². The Balaban J connectivity index is 1.54. The predicted octanol–water partition coefficient (Wildman–Crippen LogP) is 2.52. The molecule has 1 N–H and O–H groups in total. The SMILES string of the molecule is C=C(F)C(=O)N1CCN(c2nc(OC)nc3c2NC(=O)C2(C3)OCCc3c(Cl)cccc32)CC1CC#N. The number of hydrogen-bond acceptors (Lipinski definition) is 8. The summed E-state index contributed by atoms with van der Waals surface area (Å²) in [6.45, 7) is 4.03. The molecule has 0 radical (unpaired) electrons. The minimum atomic E-state index is -1.31. The van der Waals surface area contributed by atoms with Crippen LogP contribution < -0.4 is 15.0 Å². The Labute approximate surface area is 217 Å². The Morgan fingerprint density at radius 2 is 2.24 bits per heavy atom. The molecule has 37 heavy (non-hydrogen) atoms. The van der Waals surface area contributed by atoms with Gasteiger partial charge < -0.3 is 24.6 Å². The summed E-state index contributed by atoms with van der Waals surface area (Å²) >= 11 is 6.44. The van der Waals surface area contributed by atoms with Gasteiger partial charge in [-0.3, -0.25) is 9.59 Å². The molecule has 1 aromatic heterocycles. The number of anilines is 2. The van der Waals surface area contributed by atoms with E-state index in [0.29, 0.717) is 40.8 Å². The van der Waals surface area contributed by atoms with Gasteiger partial charge in [0.1, 0.15) is 5.69 Å². The molecule has 1 saturated heterocycles. The van der Waals surface area contributed by atoms with Crippen LogP contribution in [0.2, 0.25) is 5.02 Å². The fourth-order valence-electron chi connectivity index (χ4n) is 5.26. The van der Waals surface area contributed by atoms with Gasteiger partial charge in [-0.1, -0.05) is 30.3 Å². The van der Waals surface area contributed by atoms with Gasteiger partial charge >= 0.3 is 6.01 Å². The number of amides is 2. The van der Waals surface area contributed by atoms with Crippen molar-refractivity contribution in [3.63, 3.8) is 0 Å². The lowest BCUT2D eigenvalue weighted by molar-refractivity contribution is -0.146.